The van der Waals surface area contributed by atoms with Crippen LogP contribution >= 0.6 is 27.5 Å². The number of benzene rings is 3. The molecule has 3 aromatic rings. The molecule has 5 nitrogen and oxygen atoms in total. The Balaban J connectivity index is 1.93. The maximum absolute atomic E-state index is 13.7. The summed E-state index contributed by atoms with van der Waals surface area (Å²) in [6.45, 7) is 7.86. The van der Waals surface area contributed by atoms with E-state index in [-0.39, 0.29) is 31.0 Å². The van der Waals surface area contributed by atoms with Crippen molar-refractivity contribution in [2.24, 2.45) is 0 Å². The maximum Gasteiger partial charge on any atom is 0.261 e. The Labute approximate surface area is 233 Å². The molecule has 2 atom stereocenters. The van der Waals surface area contributed by atoms with Crippen LogP contribution in [0, 0.1) is 13.8 Å². The molecule has 196 valence electrons. The van der Waals surface area contributed by atoms with Gasteiger partial charge in [0.15, 0.2) is 6.61 Å². The minimum Gasteiger partial charge on any atom is -0.484 e. The molecule has 37 heavy (non-hydrogen) atoms. The molecule has 3 aromatic carbocycles. The molecule has 0 saturated heterocycles. The van der Waals surface area contributed by atoms with E-state index < -0.39 is 6.04 Å². The number of rotatable bonds is 11. The first kappa shape index (κ1) is 28.7. The third-order valence-electron chi connectivity index (χ3n) is 6.29. The van der Waals surface area contributed by atoms with E-state index in [4.69, 9.17) is 16.3 Å². The first-order valence-corrected chi connectivity index (χ1v) is 13.6. The Kier molecular flexibility index (Phi) is 10.6. The van der Waals surface area contributed by atoms with E-state index >= 15 is 0 Å². The van der Waals surface area contributed by atoms with Gasteiger partial charge in [0.05, 0.1) is 0 Å². The average molecular weight is 586 g/mol. The van der Waals surface area contributed by atoms with Crippen LogP contribution < -0.4 is 10.1 Å². The SMILES string of the molecule is CCC(C)NC(=O)C(Cc1ccccc1)N(Cc1cccc(Br)c1)C(=O)COc1cc(C)c(Cl)c(C)c1. The molecule has 0 aliphatic carbocycles. The van der Waals surface area contributed by atoms with Gasteiger partial charge < -0.3 is 15.0 Å². The van der Waals surface area contributed by atoms with E-state index in [9.17, 15) is 9.59 Å². The molecule has 1 N–H and O–H groups in total. The number of carbonyl (C=O) groups is 2. The van der Waals surface area contributed by atoms with Crippen LogP contribution in [0.2, 0.25) is 5.02 Å². The summed E-state index contributed by atoms with van der Waals surface area (Å²) in [6, 6.07) is 20.4. The molecule has 0 fully saturated rings. The summed E-state index contributed by atoms with van der Waals surface area (Å²) in [7, 11) is 0. The quantitative estimate of drug-likeness (QED) is 0.274. The van der Waals surface area contributed by atoms with Crippen molar-refractivity contribution >= 4 is 39.3 Å². The van der Waals surface area contributed by atoms with Crippen molar-refractivity contribution in [3.63, 3.8) is 0 Å². The normalized spacial score (nSPS) is 12.5. The molecule has 0 aliphatic heterocycles. The molecule has 2 amide bonds. The van der Waals surface area contributed by atoms with Gasteiger partial charge in [-0.25, -0.2) is 0 Å². The molecule has 0 spiro atoms. The predicted octanol–water partition coefficient (Wildman–Crippen LogP) is 6.65. The number of halogens is 2. The number of hydrogen-bond donors (Lipinski definition) is 1. The topological polar surface area (TPSA) is 58.6 Å². The Morgan fingerprint density at radius 3 is 2.27 bits per heavy atom. The van der Waals surface area contributed by atoms with Crippen molar-refractivity contribution in [3.05, 3.63) is 98.5 Å². The fraction of sp³-hybridized carbons (Fsp3) is 0.333. The molecule has 0 aliphatic rings. The smallest absolute Gasteiger partial charge is 0.261 e. The monoisotopic (exact) mass is 584 g/mol. The fourth-order valence-electron chi connectivity index (χ4n) is 4.04. The lowest BCUT2D eigenvalue weighted by atomic mass is 10.0. The highest BCUT2D eigenvalue weighted by Gasteiger charge is 2.31. The lowest BCUT2D eigenvalue weighted by Crippen LogP contribution is -2.53. The fourth-order valence-corrected chi connectivity index (χ4v) is 4.60. The molecule has 3 rings (SSSR count). The van der Waals surface area contributed by atoms with Crippen molar-refractivity contribution in [1.29, 1.82) is 0 Å². The highest BCUT2D eigenvalue weighted by molar-refractivity contribution is 9.10. The van der Waals surface area contributed by atoms with Gasteiger partial charge in [0.2, 0.25) is 5.91 Å². The van der Waals surface area contributed by atoms with Crippen molar-refractivity contribution < 1.29 is 14.3 Å². The van der Waals surface area contributed by atoms with E-state index in [1.54, 1.807) is 4.90 Å². The summed E-state index contributed by atoms with van der Waals surface area (Å²) in [4.78, 5) is 28.9. The van der Waals surface area contributed by atoms with Crippen LogP contribution in [-0.4, -0.2) is 35.4 Å². The second-order valence-corrected chi connectivity index (χ2v) is 10.6. The van der Waals surface area contributed by atoms with E-state index in [1.807, 2.05) is 94.4 Å². The zero-order valence-electron chi connectivity index (χ0n) is 21.8. The number of ether oxygens (including phenoxy) is 1. The van der Waals surface area contributed by atoms with Gasteiger partial charge in [-0.1, -0.05) is 76.9 Å². The van der Waals surface area contributed by atoms with Crippen LogP contribution in [0.25, 0.3) is 0 Å². The molecular weight excluding hydrogens is 552 g/mol. The summed E-state index contributed by atoms with van der Waals surface area (Å²) in [5.74, 6) is 0.115. The van der Waals surface area contributed by atoms with Crippen molar-refractivity contribution in [3.8, 4) is 5.75 Å². The summed E-state index contributed by atoms with van der Waals surface area (Å²) < 4.78 is 6.83. The van der Waals surface area contributed by atoms with Gasteiger partial charge in [-0.3, -0.25) is 9.59 Å². The van der Waals surface area contributed by atoms with Gasteiger partial charge in [0, 0.05) is 28.5 Å². The molecule has 0 saturated carbocycles. The van der Waals surface area contributed by atoms with E-state index in [0.29, 0.717) is 17.2 Å². The van der Waals surface area contributed by atoms with Gasteiger partial charge in [0.25, 0.3) is 5.91 Å². The lowest BCUT2D eigenvalue weighted by molar-refractivity contribution is -0.143. The Morgan fingerprint density at radius 1 is 1.00 bits per heavy atom. The lowest BCUT2D eigenvalue weighted by Gasteiger charge is -2.32. The summed E-state index contributed by atoms with van der Waals surface area (Å²) in [6.07, 6.45) is 1.18. The highest BCUT2D eigenvalue weighted by Crippen LogP contribution is 2.26. The van der Waals surface area contributed by atoms with Crippen LogP contribution in [0.5, 0.6) is 5.75 Å². The van der Waals surface area contributed by atoms with Crippen molar-refractivity contribution in [2.75, 3.05) is 6.61 Å². The molecule has 0 aromatic heterocycles. The second kappa shape index (κ2) is 13.6. The summed E-state index contributed by atoms with van der Waals surface area (Å²) in [5, 5.41) is 3.76. The second-order valence-electron chi connectivity index (χ2n) is 9.33. The largest absolute Gasteiger partial charge is 0.484 e. The molecule has 0 heterocycles. The third-order valence-corrected chi connectivity index (χ3v) is 7.38. The minimum atomic E-state index is -0.708. The molecule has 2 unspecified atom stereocenters. The van der Waals surface area contributed by atoms with Crippen LogP contribution in [0.15, 0.2) is 71.2 Å². The zero-order valence-corrected chi connectivity index (χ0v) is 24.1. The number of carbonyl (C=O) groups excluding carboxylic acids is 2. The van der Waals surface area contributed by atoms with E-state index in [0.717, 1.165) is 33.1 Å². The Hall–Kier alpha value is -2.83. The molecular formula is C30H34BrClN2O3. The highest BCUT2D eigenvalue weighted by atomic mass is 79.9. The minimum absolute atomic E-state index is 0.00939. The van der Waals surface area contributed by atoms with Crippen LogP contribution in [0.3, 0.4) is 0 Å². The number of nitrogens with one attached hydrogen (secondary N) is 1. The van der Waals surface area contributed by atoms with E-state index in [2.05, 4.69) is 21.2 Å². The Morgan fingerprint density at radius 2 is 1.65 bits per heavy atom. The molecule has 0 bridgehead atoms. The summed E-state index contributed by atoms with van der Waals surface area (Å²) >= 11 is 9.81. The van der Waals surface area contributed by atoms with Crippen LogP contribution in [-0.2, 0) is 22.6 Å². The first-order chi connectivity index (χ1) is 17.7. The zero-order chi connectivity index (χ0) is 26.9. The third kappa shape index (κ3) is 8.34. The van der Waals surface area contributed by atoms with Gasteiger partial charge in [-0.05, 0) is 73.7 Å². The van der Waals surface area contributed by atoms with Crippen molar-refractivity contribution in [2.45, 2.75) is 59.2 Å². The standard InChI is InChI=1S/C30H34BrClN2O3/c1-5-22(4)33-30(36)27(17-23-10-7-6-8-11-23)34(18-24-12-9-13-25(31)16-24)28(35)19-37-26-14-20(2)29(32)21(3)15-26/h6-16,22,27H,5,17-19H2,1-4H3,(H,33,36). The van der Waals surface area contributed by atoms with Gasteiger partial charge in [-0.15, -0.1) is 0 Å². The first-order valence-electron chi connectivity index (χ1n) is 12.5. The molecule has 0 radical (unpaired) electrons. The van der Waals surface area contributed by atoms with E-state index in [1.165, 1.54) is 0 Å². The number of nitrogens with zero attached hydrogens (tertiary/aromatic N) is 1. The maximum atomic E-state index is 13.7. The number of amides is 2. The summed E-state index contributed by atoms with van der Waals surface area (Å²) in [5.41, 5.74) is 3.65. The number of aryl methyl sites for hydroxylation is 2. The predicted molar refractivity (Wildman–Crippen MR) is 153 cm³/mol. The van der Waals surface area contributed by atoms with Crippen molar-refractivity contribution in [1.82, 2.24) is 10.2 Å². The van der Waals surface area contributed by atoms with Gasteiger partial charge in [-0.2, -0.15) is 0 Å². The van der Waals surface area contributed by atoms with Gasteiger partial charge in [0.1, 0.15) is 11.8 Å². The molecule has 7 heteroatoms. The Bertz CT molecular complexity index is 1200. The number of hydrogen-bond acceptors (Lipinski definition) is 3. The average Bonchev–Trinajstić information content (AvgIpc) is 2.88. The van der Waals surface area contributed by atoms with Gasteiger partial charge >= 0.3 is 0 Å². The van der Waals surface area contributed by atoms with Crippen LogP contribution in [0.4, 0.5) is 0 Å². The van der Waals surface area contributed by atoms with Crippen LogP contribution in [0.1, 0.15) is 42.5 Å².